The molecule has 60 valence electrons. The van der Waals surface area contributed by atoms with Gasteiger partial charge in [-0.3, -0.25) is 0 Å². The summed E-state index contributed by atoms with van der Waals surface area (Å²) in [7, 11) is 1.51. The maximum Gasteiger partial charge on any atom is 0.192 e. The lowest BCUT2D eigenvalue weighted by Crippen LogP contribution is -1.92. The minimum Gasteiger partial charge on any atom is -0.504 e. The molecule has 0 saturated heterocycles. The van der Waals surface area contributed by atoms with Crippen LogP contribution in [0.1, 0.15) is 0 Å². The van der Waals surface area contributed by atoms with Crippen LogP contribution in [0.25, 0.3) is 0 Å². The average Bonchev–Trinajstić information content (AvgIpc) is 1.85. The number of ether oxygens (including phenoxy) is 1. The van der Waals surface area contributed by atoms with Crippen LogP contribution in [-0.4, -0.2) is 17.2 Å². The Morgan fingerprint density at radius 1 is 1.55 bits per heavy atom. The summed E-state index contributed by atoms with van der Waals surface area (Å²) in [6, 6.07) is 1.56. The molecule has 1 rings (SSSR count). The molecular formula is C6H5I2NO2. The Morgan fingerprint density at radius 2 is 2.18 bits per heavy atom. The molecule has 5 heteroatoms. The third kappa shape index (κ3) is 2.08. The van der Waals surface area contributed by atoms with E-state index in [1.54, 1.807) is 6.07 Å². The first-order chi connectivity index (χ1) is 5.15. The van der Waals surface area contributed by atoms with Crippen LogP contribution in [0.5, 0.6) is 11.5 Å². The van der Waals surface area contributed by atoms with E-state index in [1.165, 1.54) is 7.11 Å². The molecule has 11 heavy (non-hydrogen) atoms. The highest BCUT2D eigenvalue weighted by atomic mass is 127. The third-order valence-electron chi connectivity index (χ3n) is 1.08. The second-order valence-electron chi connectivity index (χ2n) is 1.79. The summed E-state index contributed by atoms with van der Waals surface area (Å²) < 4.78 is 6.34. The van der Waals surface area contributed by atoms with Crippen molar-refractivity contribution in [2.24, 2.45) is 0 Å². The van der Waals surface area contributed by atoms with Crippen molar-refractivity contribution in [3.63, 3.8) is 0 Å². The van der Waals surface area contributed by atoms with Crippen molar-refractivity contribution in [2.75, 3.05) is 7.11 Å². The Bertz CT molecular complexity index is 254. The molecular weight excluding hydrogens is 372 g/mol. The van der Waals surface area contributed by atoms with Crippen LogP contribution < -0.4 is 4.74 Å². The Morgan fingerprint density at radius 3 is 2.64 bits per heavy atom. The fourth-order valence-electron chi connectivity index (χ4n) is 0.650. The van der Waals surface area contributed by atoms with Gasteiger partial charge in [0.15, 0.2) is 11.5 Å². The summed E-state index contributed by atoms with van der Waals surface area (Å²) >= 11 is 4.04. The fourth-order valence-corrected chi connectivity index (χ4v) is 2.40. The number of rotatable bonds is 1. The van der Waals surface area contributed by atoms with E-state index >= 15 is 0 Å². The molecule has 1 aromatic rings. The molecule has 0 unspecified atom stereocenters. The number of hydrogen-bond acceptors (Lipinski definition) is 3. The highest BCUT2D eigenvalue weighted by molar-refractivity contribution is 14.1. The first-order valence-electron chi connectivity index (χ1n) is 2.74. The predicted octanol–water partition coefficient (Wildman–Crippen LogP) is 2.00. The van der Waals surface area contributed by atoms with Crippen molar-refractivity contribution < 1.29 is 9.84 Å². The van der Waals surface area contributed by atoms with E-state index in [-0.39, 0.29) is 5.75 Å². The van der Waals surface area contributed by atoms with Gasteiger partial charge in [0.1, 0.15) is 7.40 Å². The number of methoxy groups -OCH3 is 1. The molecule has 0 spiro atoms. The molecule has 0 saturated carbocycles. The molecule has 0 aliphatic rings. The van der Waals surface area contributed by atoms with E-state index in [1.807, 2.05) is 45.2 Å². The maximum absolute atomic E-state index is 9.30. The number of aromatic hydroxyl groups is 1. The molecule has 0 radical (unpaired) electrons. The Labute approximate surface area is 91.4 Å². The summed E-state index contributed by atoms with van der Waals surface area (Å²) in [5.74, 6) is 0.572. The van der Waals surface area contributed by atoms with E-state index in [0.717, 1.165) is 3.70 Å². The molecule has 0 amide bonds. The maximum atomic E-state index is 9.30. The van der Waals surface area contributed by atoms with Gasteiger partial charge in [-0.05, 0) is 45.2 Å². The molecule has 3 nitrogen and oxygen atoms in total. The van der Waals surface area contributed by atoms with E-state index in [2.05, 4.69) is 4.98 Å². The van der Waals surface area contributed by atoms with Crippen LogP contribution in [0.15, 0.2) is 6.07 Å². The minimum atomic E-state index is 0.135. The Balaban J connectivity index is 3.25. The molecule has 1 heterocycles. The summed E-state index contributed by atoms with van der Waals surface area (Å²) in [6.07, 6.45) is 0. The van der Waals surface area contributed by atoms with Gasteiger partial charge in [-0.25, -0.2) is 4.98 Å². The van der Waals surface area contributed by atoms with Crippen molar-refractivity contribution in [3.05, 3.63) is 13.5 Å². The van der Waals surface area contributed by atoms with Crippen molar-refractivity contribution in [2.45, 2.75) is 0 Å². The molecule has 0 bridgehead atoms. The standard InChI is InChI=1S/C6H5I2NO2/c1-11-5-3(10)2-4(7)9-6(5)8/h2H,1H3,(H,9,10). The highest BCUT2D eigenvalue weighted by Crippen LogP contribution is 2.30. The monoisotopic (exact) mass is 377 g/mol. The van der Waals surface area contributed by atoms with Crippen molar-refractivity contribution in [1.82, 2.24) is 4.98 Å². The molecule has 1 aromatic heterocycles. The number of nitrogens with zero attached hydrogens (tertiary/aromatic N) is 1. The van der Waals surface area contributed by atoms with Gasteiger partial charge in [-0.1, -0.05) is 0 Å². The smallest absolute Gasteiger partial charge is 0.192 e. The zero-order valence-corrected chi connectivity index (χ0v) is 9.95. The zero-order valence-electron chi connectivity index (χ0n) is 5.64. The summed E-state index contributed by atoms with van der Waals surface area (Å²) in [5.41, 5.74) is 0. The molecule has 0 aliphatic carbocycles. The number of aromatic nitrogens is 1. The highest BCUT2D eigenvalue weighted by Gasteiger charge is 2.08. The Hall–Kier alpha value is 0.210. The van der Waals surface area contributed by atoms with Crippen LogP contribution in [0.3, 0.4) is 0 Å². The van der Waals surface area contributed by atoms with Gasteiger partial charge in [0.2, 0.25) is 0 Å². The lowest BCUT2D eigenvalue weighted by Gasteiger charge is -2.04. The van der Waals surface area contributed by atoms with Gasteiger partial charge in [-0.15, -0.1) is 0 Å². The Kier molecular flexibility index (Phi) is 3.16. The van der Waals surface area contributed by atoms with Crippen LogP contribution >= 0.6 is 45.2 Å². The summed E-state index contributed by atoms with van der Waals surface area (Å²) in [4.78, 5) is 4.09. The van der Waals surface area contributed by atoms with Gasteiger partial charge in [-0.2, -0.15) is 0 Å². The largest absolute Gasteiger partial charge is 0.504 e. The topological polar surface area (TPSA) is 42.4 Å². The SMILES string of the molecule is COc1c(O)cc(I)nc1I. The number of pyridine rings is 1. The van der Waals surface area contributed by atoms with Gasteiger partial charge in [0.25, 0.3) is 0 Å². The first-order valence-corrected chi connectivity index (χ1v) is 4.90. The predicted molar refractivity (Wildman–Crippen MR) is 57.9 cm³/mol. The molecule has 0 aromatic carbocycles. The molecule has 0 atom stereocenters. The van der Waals surface area contributed by atoms with Gasteiger partial charge in [0, 0.05) is 6.07 Å². The summed E-state index contributed by atoms with van der Waals surface area (Å²) in [5, 5.41) is 9.30. The second kappa shape index (κ2) is 3.74. The fraction of sp³-hybridized carbons (Fsp3) is 0.167. The molecule has 0 aliphatic heterocycles. The van der Waals surface area contributed by atoms with Crippen molar-refractivity contribution >= 4 is 45.2 Å². The van der Waals surface area contributed by atoms with E-state index in [9.17, 15) is 5.11 Å². The van der Waals surface area contributed by atoms with Crippen LogP contribution in [-0.2, 0) is 0 Å². The lowest BCUT2D eigenvalue weighted by atomic mass is 10.4. The zero-order chi connectivity index (χ0) is 8.43. The first kappa shape index (κ1) is 9.30. The van der Waals surface area contributed by atoms with Crippen LogP contribution in [0.2, 0.25) is 0 Å². The minimum absolute atomic E-state index is 0.135. The van der Waals surface area contributed by atoms with Gasteiger partial charge in [0.05, 0.1) is 7.11 Å². The number of hydrogen-bond donors (Lipinski definition) is 1. The van der Waals surface area contributed by atoms with E-state index < -0.39 is 0 Å². The second-order valence-corrected chi connectivity index (χ2v) is 3.92. The van der Waals surface area contributed by atoms with Crippen LogP contribution in [0, 0.1) is 7.40 Å². The molecule has 1 N–H and O–H groups in total. The normalized spacial score (nSPS) is 9.73. The average molecular weight is 377 g/mol. The summed E-state index contributed by atoms with van der Waals surface area (Å²) in [6.45, 7) is 0. The number of halogens is 2. The van der Waals surface area contributed by atoms with E-state index in [4.69, 9.17) is 4.74 Å². The van der Waals surface area contributed by atoms with Crippen molar-refractivity contribution in [1.29, 1.82) is 0 Å². The van der Waals surface area contributed by atoms with Gasteiger partial charge >= 0.3 is 0 Å². The molecule has 0 fully saturated rings. The quantitative estimate of drug-likeness (QED) is 0.602. The van der Waals surface area contributed by atoms with E-state index in [0.29, 0.717) is 9.45 Å². The lowest BCUT2D eigenvalue weighted by molar-refractivity contribution is 0.368. The third-order valence-corrected chi connectivity index (χ3v) is 2.37. The van der Waals surface area contributed by atoms with Crippen LogP contribution in [0.4, 0.5) is 0 Å². The van der Waals surface area contributed by atoms with Gasteiger partial charge < -0.3 is 9.84 Å². The van der Waals surface area contributed by atoms with Crippen molar-refractivity contribution in [3.8, 4) is 11.5 Å².